The Labute approximate surface area is 69.1 Å². The number of aryl methyl sites for hydroxylation is 1. The molecule has 0 saturated carbocycles. The quantitative estimate of drug-likeness (QED) is 0.650. The molecule has 0 atom stereocenters. The smallest absolute Gasteiger partial charge is 0.137 e. The second-order valence-electron chi connectivity index (χ2n) is 1.86. The van der Waals surface area contributed by atoms with Crippen molar-refractivity contribution in [3.8, 4) is 0 Å². The number of H-pyrrole nitrogens is 1. The van der Waals surface area contributed by atoms with Crippen molar-refractivity contribution in [2.24, 2.45) is 0 Å². The average molecular weight is 167 g/mol. The molecule has 11 heavy (non-hydrogen) atoms. The zero-order valence-corrected chi connectivity index (χ0v) is 7.01. The fourth-order valence-electron chi connectivity index (χ4n) is 0.493. The fraction of sp³-hybridized carbons (Fsp3) is 0.143. The number of rotatable bonds is 0. The summed E-state index contributed by atoms with van der Waals surface area (Å²) in [7, 11) is 0. The Balaban J connectivity index is 0.000000112. The summed E-state index contributed by atoms with van der Waals surface area (Å²) in [5, 5.41) is 10.3. The van der Waals surface area contributed by atoms with E-state index in [4.69, 9.17) is 0 Å². The molecule has 0 radical (unpaired) electrons. The van der Waals surface area contributed by atoms with E-state index in [1.165, 1.54) is 6.33 Å². The SMILES string of the molecule is Cc1ncn[nH]1.c1ccsc1. The van der Waals surface area contributed by atoms with Gasteiger partial charge in [0.15, 0.2) is 0 Å². The highest BCUT2D eigenvalue weighted by Crippen LogP contribution is 1.91. The molecule has 0 saturated heterocycles. The van der Waals surface area contributed by atoms with Crippen LogP contribution in [0.3, 0.4) is 0 Å². The van der Waals surface area contributed by atoms with Crippen molar-refractivity contribution >= 4 is 11.3 Å². The van der Waals surface area contributed by atoms with Crippen LogP contribution in [0.5, 0.6) is 0 Å². The number of thiophene rings is 1. The molecule has 0 aliphatic rings. The van der Waals surface area contributed by atoms with E-state index >= 15 is 0 Å². The van der Waals surface area contributed by atoms with Gasteiger partial charge < -0.3 is 0 Å². The van der Waals surface area contributed by atoms with Crippen LogP contribution < -0.4 is 0 Å². The number of hydrogen-bond acceptors (Lipinski definition) is 3. The van der Waals surface area contributed by atoms with Gasteiger partial charge in [0.1, 0.15) is 12.2 Å². The average Bonchev–Trinajstić information content (AvgIpc) is 2.57. The highest BCUT2D eigenvalue weighted by atomic mass is 32.1. The first-order chi connectivity index (χ1) is 5.39. The molecule has 0 unspecified atom stereocenters. The van der Waals surface area contributed by atoms with Crippen molar-refractivity contribution in [2.45, 2.75) is 6.92 Å². The highest BCUT2D eigenvalue weighted by Gasteiger charge is 1.75. The minimum Gasteiger partial charge on any atom is -0.264 e. The van der Waals surface area contributed by atoms with Gasteiger partial charge in [-0.25, -0.2) is 4.98 Å². The van der Waals surface area contributed by atoms with E-state index < -0.39 is 0 Å². The van der Waals surface area contributed by atoms with Gasteiger partial charge in [-0.3, -0.25) is 5.10 Å². The normalized spacial score (nSPS) is 8.45. The maximum atomic E-state index is 3.75. The maximum Gasteiger partial charge on any atom is 0.137 e. The third-order valence-electron chi connectivity index (χ3n) is 0.961. The third kappa shape index (κ3) is 3.52. The minimum absolute atomic E-state index is 0.856. The van der Waals surface area contributed by atoms with E-state index in [0.29, 0.717) is 0 Å². The van der Waals surface area contributed by atoms with Crippen LogP contribution >= 0.6 is 11.3 Å². The van der Waals surface area contributed by atoms with Gasteiger partial charge in [-0.05, 0) is 17.7 Å². The van der Waals surface area contributed by atoms with E-state index in [0.717, 1.165) is 5.82 Å². The lowest BCUT2D eigenvalue weighted by atomic mass is 10.7. The topological polar surface area (TPSA) is 41.6 Å². The molecule has 0 aliphatic heterocycles. The Kier molecular flexibility index (Phi) is 3.34. The van der Waals surface area contributed by atoms with Crippen LogP contribution in [0.15, 0.2) is 29.2 Å². The number of aromatic nitrogens is 3. The van der Waals surface area contributed by atoms with Gasteiger partial charge in [-0.2, -0.15) is 16.4 Å². The van der Waals surface area contributed by atoms with Crippen LogP contribution in [-0.4, -0.2) is 15.2 Å². The lowest BCUT2D eigenvalue weighted by molar-refractivity contribution is 1.04. The van der Waals surface area contributed by atoms with E-state index in [2.05, 4.69) is 15.2 Å². The number of nitrogens with one attached hydrogen (secondary N) is 1. The summed E-state index contributed by atoms with van der Waals surface area (Å²) in [6.45, 7) is 1.85. The zero-order chi connectivity index (χ0) is 7.94. The van der Waals surface area contributed by atoms with E-state index in [1.807, 2.05) is 29.8 Å². The second kappa shape index (κ2) is 4.62. The lowest BCUT2D eigenvalue weighted by Gasteiger charge is -1.66. The molecule has 1 N–H and O–H groups in total. The van der Waals surface area contributed by atoms with Crippen molar-refractivity contribution in [1.29, 1.82) is 0 Å². The summed E-state index contributed by atoms with van der Waals surface area (Å²) in [6.07, 6.45) is 1.48. The summed E-state index contributed by atoms with van der Waals surface area (Å²) < 4.78 is 0. The predicted octanol–water partition coefficient (Wildman–Crippen LogP) is 1.86. The largest absolute Gasteiger partial charge is 0.264 e. The Morgan fingerprint density at radius 2 is 2.09 bits per heavy atom. The Hall–Kier alpha value is -1.16. The standard InChI is InChI=1S/C4H4S.C3H5N3/c1-2-4-5-3-1;1-3-4-2-5-6-3/h1-4H;2H,1H3,(H,4,5,6). The molecule has 0 fully saturated rings. The van der Waals surface area contributed by atoms with Crippen LogP contribution in [-0.2, 0) is 0 Å². The maximum absolute atomic E-state index is 3.75. The Morgan fingerprint density at radius 3 is 2.27 bits per heavy atom. The molecular formula is C7H9N3S. The molecule has 0 spiro atoms. The lowest BCUT2D eigenvalue weighted by Crippen LogP contribution is -1.68. The molecule has 58 valence electrons. The van der Waals surface area contributed by atoms with Crippen LogP contribution in [0, 0.1) is 6.92 Å². The van der Waals surface area contributed by atoms with Crippen LogP contribution in [0.2, 0.25) is 0 Å². The van der Waals surface area contributed by atoms with Gasteiger partial charge in [0.05, 0.1) is 0 Å². The first-order valence-corrected chi connectivity index (χ1v) is 4.13. The summed E-state index contributed by atoms with van der Waals surface area (Å²) >= 11 is 1.71. The molecule has 4 heteroatoms. The molecule has 0 amide bonds. The van der Waals surface area contributed by atoms with Crippen LogP contribution in [0.4, 0.5) is 0 Å². The van der Waals surface area contributed by atoms with Gasteiger partial charge in [0.25, 0.3) is 0 Å². The van der Waals surface area contributed by atoms with Crippen molar-refractivity contribution in [3.63, 3.8) is 0 Å². The Bertz CT molecular complexity index is 232. The minimum atomic E-state index is 0.856. The summed E-state index contributed by atoms with van der Waals surface area (Å²) in [5.74, 6) is 0.856. The van der Waals surface area contributed by atoms with Gasteiger partial charge in [0.2, 0.25) is 0 Å². The molecule has 0 aliphatic carbocycles. The first kappa shape index (κ1) is 7.94. The van der Waals surface area contributed by atoms with Crippen molar-refractivity contribution in [1.82, 2.24) is 15.2 Å². The van der Waals surface area contributed by atoms with Gasteiger partial charge in [-0.1, -0.05) is 12.1 Å². The summed E-state index contributed by atoms with van der Waals surface area (Å²) in [5.41, 5.74) is 0. The molecule has 0 bridgehead atoms. The van der Waals surface area contributed by atoms with Crippen molar-refractivity contribution in [3.05, 3.63) is 35.0 Å². The first-order valence-electron chi connectivity index (χ1n) is 3.19. The number of aromatic amines is 1. The van der Waals surface area contributed by atoms with E-state index in [1.54, 1.807) is 11.3 Å². The molecular weight excluding hydrogens is 158 g/mol. The van der Waals surface area contributed by atoms with Crippen LogP contribution in [0.1, 0.15) is 5.82 Å². The molecule has 2 aromatic heterocycles. The number of hydrogen-bond donors (Lipinski definition) is 1. The predicted molar refractivity (Wildman–Crippen MR) is 45.4 cm³/mol. The zero-order valence-electron chi connectivity index (χ0n) is 6.19. The monoisotopic (exact) mass is 167 g/mol. The molecule has 0 aromatic carbocycles. The second-order valence-corrected chi connectivity index (χ2v) is 2.68. The van der Waals surface area contributed by atoms with E-state index in [-0.39, 0.29) is 0 Å². The molecule has 2 heterocycles. The summed E-state index contributed by atoms with van der Waals surface area (Å²) in [4.78, 5) is 3.75. The summed E-state index contributed by atoms with van der Waals surface area (Å²) in [6, 6.07) is 4.04. The molecule has 2 aromatic rings. The van der Waals surface area contributed by atoms with Crippen molar-refractivity contribution < 1.29 is 0 Å². The van der Waals surface area contributed by atoms with E-state index in [9.17, 15) is 0 Å². The molecule has 3 nitrogen and oxygen atoms in total. The van der Waals surface area contributed by atoms with Crippen LogP contribution in [0.25, 0.3) is 0 Å². The third-order valence-corrected chi connectivity index (χ3v) is 1.59. The number of nitrogens with zero attached hydrogens (tertiary/aromatic N) is 2. The van der Waals surface area contributed by atoms with Gasteiger partial charge in [-0.15, -0.1) is 0 Å². The van der Waals surface area contributed by atoms with Gasteiger partial charge >= 0.3 is 0 Å². The van der Waals surface area contributed by atoms with Crippen molar-refractivity contribution in [2.75, 3.05) is 0 Å². The fourth-order valence-corrected chi connectivity index (χ4v) is 0.947. The Morgan fingerprint density at radius 1 is 1.36 bits per heavy atom. The van der Waals surface area contributed by atoms with Gasteiger partial charge in [0, 0.05) is 0 Å². The highest BCUT2D eigenvalue weighted by molar-refractivity contribution is 7.07. The molecule has 2 rings (SSSR count).